The third kappa shape index (κ3) is 4.51. The predicted molar refractivity (Wildman–Crippen MR) is 110 cm³/mol. The zero-order valence-electron chi connectivity index (χ0n) is 16.2. The van der Waals surface area contributed by atoms with E-state index in [0.717, 1.165) is 28.8 Å². The van der Waals surface area contributed by atoms with Crippen molar-refractivity contribution in [2.24, 2.45) is 5.92 Å². The number of halogens is 1. The van der Waals surface area contributed by atoms with E-state index in [2.05, 4.69) is 25.6 Å². The van der Waals surface area contributed by atoms with Gasteiger partial charge in [-0.15, -0.1) is 11.3 Å². The SMILES string of the molecule is Cc1cc2nc(N[C@@H](C)c3cncc(F)c3)nc(C(=O)NC[C@@H]3CCOC3)c2s1. The fourth-order valence-electron chi connectivity index (χ4n) is 3.27. The predicted octanol–water partition coefficient (Wildman–Crippen LogP) is 3.47. The van der Waals surface area contributed by atoms with Crippen molar-refractivity contribution in [1.29, 1.82) is 0 Å². The number of ether oxygens (including phenoxy) is 1. The van der Waals surface area contributed by atoms with Crippen molar-refractivity contribution in [3.63, 3.8) is 0 Å². The average Bonchev–Trinajstić information content (AvgIpc) is 3.34. The lowest BCUT2D eigenvalue weighted by Gasteiger charge is -2.15. The minimum absolute atomic E-state index is 0.228. The number of thiophene rings is 1. The van der Waals surface area contributed by atoms with Crippen LogP contribution in [0, 0.1) is 18.7 Å². The number of pyridine rings is 1. The molecule has 0 saturated carbocycles. The van der Waals surface area contributed by atoms with Crippen LogP contribution in [0.3, 0.4) is 0 Å². The Labute approximate surface area is 171 Å². The monoisotopic (exact) mass is 415 g/mol. The number of nitrogens with one attached hydrogen (secondary N) is 2. The van der Waals surface area contributed by atoms with Gasteiger partial charge in [-0.05, 0) is 38.0 Å². The average molecular weight is 415 g/mol. The maximum atomic E-state index is 13.5. The maximum absolute atomic E-state index is 13.5. The molecule has 1 fully saturated rings. The fraction of sp³-hybridized carbons (Fsp3) is 0.400. The summed E-state index contributed by atoms with van der Waals surface area (Å²) in [7, 11) is 0. The largest absolute Gasteiger partial charge is 0.381 e. The standard InChI is InChI=1S/C20H22FN5O2S/c1-11-5-16-18(29-11)17(19(27)23-7-13-3-4-28-10-13)26-20(25-16)24-12(2)14-6-15(21)9-22-8-14/h5-6,8-9,12-13H,3-4,7,10H2,1-2H3,(H,23,27)(H,24,25,26)/t12-,13-/m0/s1. The van der Waals surface area contributed by atoms with E-state index in [1.165, 1.54) is 17.4 Å². The third-order valence-electron chi connectivity index (χ3n) is 4.86. The van der Waals surface area contributed by atoms with Crippen molar-refractivity contribution in [2.45, 2.75) is 26.3 Å². The Hall–Kier alpha value is -2.65. The lowest BCUT2D eigenvalue weighted by atomic mass is 10.1. The summed E-state index contributed by atoms with van der Waals surface area (Å²) in [6.45, 7) is 5.80. The molecule has 0 aromatic carbocycles. The first kappa shape index (κ1) is 19.7. The summed E-state index contributed by atoms with van der Waals surface area (Å²) in [5.41, 5.74) is 1.73. The number of rotatable bonds is 6. The van der Waals surface area contributed by atoms with Crippen LogP contribution in [0.2, 0.25) is 0 Å². The van der Waals surface area contributed by atoms with E-state index in [9.17, 15) is 9.18 Å². The quantitative estimate of drug-likeness (QED) is 0.641. The number of carbonyl (C=O) groups excluding carboxylic acids is 1. The Morgan fingerprint density at radius 1 is 1.38 bits per heavy atom. The van der Waals surface area contributed by atoms with Crippen LogP contribution in [0.5, 0.6) is 0 Å². The van der Waals surface area contributed by atoms with Crippen molar-refractivity contribution in [1.82, 2.24) is 20.3 Å². The molecule has 4 rings (SSSR count). The van der Waals surface area contributed by atoms with Gasteiger partial charge in [-0.25, -0.2) is 14.4 Å². The Morgan fingerprint density at radius 3 is 3.00 bits per heavy atom. The van der Waals surface area contributed by atoms with Crippen molar-refractivity contribution >= 4 is 33.4 Å². The van der Waals surface area contributed by atoms with E-state index < -0.39 is 5.82 Å². The van der Waals surface area contributed by atoms with Crippen LogP contribution < -0.4 is 10.6 Å². The van der Waals surface area contributed by atoms with Crippen LogP contribution in [0.25, 0.3) is 10.2 Å². The molecule has 3 aromatic rings. The van der Waals surface area contributed by atoms with Crippen LogP contribution >= 0.6 is 11.3 Å². The summed E-state index contributed by atoms with van der Waals surface area (Å²) in [5, 5.41) is 6.13. The van der Waals surface area contributed by atoms with E-state index in [1.54, 1.807) is 6.20 Å². The molecule has 0 spiro atoms. The summed E-state index contributed by atoms with van der Waals surface area (Å²) in [4.78, 5) is 26.8. The number of carbonyl (C=O) groups is 1. The topological polar surface area (TPSA) is 89.0 Å². The first-order chi connectivity index (χ1) is 14.0. The molecule has 1 saturated heterocycles. The van der Waals surface area contributed by atoms with E-state index in [-0.39, 0.29) is 11.9 Å². The molecular formula is C20H22FN5O2S. The first-order valence-corrected chi connectivity index (χ1v) is 10.3. The Morgan fingerprint density at radius 2 is 2.24 bits per heavy atom. The Balaban J connectivity index is 1.58. The number of aryl methyl sites for hydroxylation is 1. The Kier molecular flexibility index (Phi) is 5.68. The normalized spacial score (nSPS) is 17.4. The van der Waals surface area contributed by atoms with Gasteiger partial charge in [0.25, 0.3) is 5.91 Å². The molecular weight excluding hydrogens is 393 g/mol. The lowest BCUT2D eigenvalue weighted by molar-refractivity contribution is 0.0942. The molecule has 7 nitrogen and oxygen atoms in total. The van der Waals surface area contributed by atoms with Gasteiger partial charge in [0.15, 0.2) is 5.69 Å². The van der Waals surface area contributed by atoms with Crippen molar-refractivity contribution in [2.75, 3.05) is 25.1 Å². The first-order valence-electron chi connectivity index (χ1n) is 9.50. The van der Waals surface area contributed by atoms with E-state index >= 15 is 0 Å². The molecule has 3 aromatic heterocycles. The highest BCUT2D eigenvalue weighted by atomic mass is 32.1. The molecule has 2 atom stereocenters. The summed E-state index contributed by atoms with van der Waals surface area (Å²) in [5.74, 6) is 0.0204. The summed E-state index contributed by atoms with van der Waals surface area (Å²) in [6, 6.07) is 3.07. The molecule has 4 heterocycles. The van der Waals surface area contributed by atoms with Gasteiger partial charge in [0.2, 0.25) is 5.95 Å². The molecule has 2 N–H and O–H groups in total. The number of hydrogen-bond acceptors (Lipinski definition) is 7. The zero-order chi connectivity index (χ0) is 20.4. The van der Waals surface area contributed by atoms with E-state index in [4.69, 9.17) is 4.74 Å². The van der Waals surface area contributed by atoms with Crippen LogP contribution in [0.4, 0.5) is 10.3 Å². The van der Waals surface area contributed by atoms with Gasteiger partial charge in [0, 0.05) is 30.1 Å². The number of amides is 1. The smallest absolute Gasteiger partial charge is 0.271 e. The van der Waals surface area contributed by atoms with Crippen molar-refractivity contribution < 1.29 is 13.9 Å². The van der Waals surface area contributed by atoms with Gasteiger partial charge in [-0.2, -0.15) is 0 Å². The molecule has 9 heteroatoms. The molecule has 0 radical (unpaired) electrons. The summed E-state index contributed by atoms with van der Waals surface area (Å²) >= 11 is 1.49. The minimum Gasteiger partial charge on any atom is -0.381 e. The molecule has 0 bridgehead atoms. The van der Waals surface area contributed by atoms with Crippen LogP contribution in [0.15, 0.2) is 24.5 Å². The molecule has 1 aliphatic rings. The molecule has 1 amide bonds. The number of aromatic nitrogens is 3. The molecule has 0 unspecified atom stereocenters. The van der Waals surface area contributed by atoms with Crippen LogP contribution in [0.1, 0.15) is 40.3 Å². The molecule has 29 heavy (non-hydrogen) atoms. The highest BCUT2D eigenvalue weighted by molar-refractivity contribution is 7.19. The summed E-state index contributed by atoms with van der Waals surface area (Å²) < 4.78 is 19.6. The molecule has 1 aliphatic heterocycles. The highest BCUT2D eigenvalue weighted by Crippen LogP contribution is 2.28. The minimum atomic E-state index is -0.406. The van der Waals surface area contributed by atoms with Crippen LogP contribution in [-0.4, -0.2) is 40.6 Å². The van der Waals surface area contributed by atoms with Gasteiger partial charge in [-0.3, -0.25) is 9.78 Å². The third-order valence-corrected chi connectivity index (χ3v) is 5.90. The molecule has 152 valence electrons. The van der Waals surface area contributed by atoms with Gasteiger partial charge in [-0.1, -0.05) is 0 Å². The van der Waals surface area contributed by atoms with Gasteiger partial charge < -0.3 is 15.4 Å². The number of anilines is 1. The van der Waals surface area contributed by atoms with E-state index in [1.807, 2.05) is 19.9 Å². The number of nitrogens with zero attached hydrogens (tertiary/aromatic N) is 3. The van der Waals surface area contributed by atoms with Crippen molar-refractivity contribution in [3.05, 3.63) is 46.5 Å². The van der Waals surface area contributed by atoms with Crippen molar-refractivity contribution in [3.8, 4) is 0 Å². The molecule has 0 aliphatic carbocycles. The van der Waals surface area contributed by atoms with Crippen LogP contribution in [-0.2, 0) is 4.74 Å². The van der Waals surface area contributed by atoms with Gasteiger partial charge in [0.1, 0.15) is 5.82 Å². The zero-order valence-corrected chi connectivity index (χ0v) is 17.1. The second-order valence-corrected chi connectivity index (χ2v) is 8.47. The fourth-order valence-corrected chi connectivity index (χ4v) is 4.21. The van der Waals surface area contributed by atoms with E-state index in [0.29, 0.717) is 41.8 Å². The Bertz CT molecular complexity index is 1030. The van der Waals surface area contributed by atoms with Gasteiger partial charge >= 0.3 is 0 Å². The summed E-state index contributed by atoms with van der Waals surface area (Å²) in [6.07, 6.45) is 3.69. The lowest BCUT2D eigenvalue weighted by Crippen LogP contribution is -2.30. The second kappa shape index (κ2) is 8.38. The van der Waals surface area contributed by atoms with Gasteiger partial charge in [0.05, 0.1) is 29.1 Å². The number of hydrogen-bond donors (Lipinski definition) is 2. The maximum Gasteiger partial charge on any atom is 0.271 e. The second-order valence-electron chi connectivity index (χ2n) is 7.21. The number of fused-ring (bicyclic) bond motifs is 1. The highest BCUT2D eigenvalue weighted by Gasteiger charge is 2.21.